The number of piperidine rings is 1. The topological polar surface area (TPSA) is 71.7 Å². The van der Waals surface area contributed by atoms with Gasteiger partial charge in [0.2, 0.25) is 0 Å². The molecule has 0 spiro atoms. The third-order valence-corrected chi connectivity index (χ3v) is 4.79. The minimum atomic E-state index is 0. The zero-order chi connectivity index (χ0) is 16.1. The molecular formula is C17H28Cl2N4O2. The van der Waals surface area contributed by atoms with E-state index in [1.54, 1.807) is 12.3 Å². The molecule has 3 heterocycles. The summed E-state index contributed by atoms with van der Waals surface area (Å²) in [5.74, 6) is 0.793. The predicted octanol–water partition coefficient (Wildman–Crippen LogP) is 1.57. The number of nitrogens with two attached hydrogens (primary N) is 1. The highest BCUT2D eigenvalue weighted by Gasteiger charge is 2.25. The van der Waals surface area contributed by atoms with Gasteiger partial charge in [-0.2, -0.15) is 0 Å². The van der Waals surface area contributed by atoms with E-state index in [1.807, 2.05) is 11.0 Å². The average molecular weight is 391 g/mol. The molecular weight excluding hydrogens is 363 g/mol. The average Bonchev–Trinajstić information content (AvgIpc) is 2.63. The quantitative estimate of drug-likeness (QED) is 0.844. The van der Waals surface area contributed by atoms with Crippen LogP contribution in [0.15, 0.2) is 18.3 Å². The summed E-state index contributed by atoms with van der Waals surface area (Å²) < 4.78 is 5.40. The largest absolute Gasteiger partial charge is 0.379 e. The van der Waals surface area contributed by atoms with Crippen LogP contribution in [0.4, 0.5) is 0 Å². The first-order valence-corrected chi connectivity index (χ1v) is 8.50. The van der Waals surface area contributed by atoms with Gasteiger partial charge in [-0.1, -0.05) is 0 Å². The van der Waals surface area contributed by atoms with Gasteiger partial charge in [0.05, 0.1) is 18.9 Å². The summed E-state index contributed by atoms with van der Waals surface area (Å²) >= 11 is 0. The number of likely N-dealkylation sites (tertiary alicyclic amines) is 1. The normalized spacial score (nSPS) is 19.0. The lowest BCUT2D eigenvalue weighted by Gasteiger charge is -2.36. The second-order valence-electron chi connectivity index (χ2n) is 6.39. The molecule has 2 aliphatic heterocycles. The van der Waals surface area contributed by atoms with Crippen molar-refractivity contribution in [1.29, 1.82) is 0 Å². The van der Waals surface area contributed by atoms with Gasteiger partial charge in [-0.25, -0.2) is 0 Å². The lowest BCUT2D eigenvalue weighted by molar-refractivity contribution is 0.0243. The molecule has 0 radical (unpaired) electrons. The fourth-order valence-corrected chi connectivity index (χ4v) is 3.37. The van der Waals surface area contributed by atoms with Crippen molar-refractivity contribution in [2.24, 2.45) is 11.7 Å². The molecule has 2 aliphatic rings. The monoisotopic (exact) mass is 390 g/mol. The molecule has 0 unspecified atom stereocenters. The van der Waals surface area contributed by atoms with E-state index in [1.165, 1.54) is 0 Å². The molecule has 1 aromatic heterocycles. The van der Waals surface area contributed by atoms with E-state index in [-0.39, 0.29) is 30.7 Å². The lowest BCUT2D eigenvalue weighted by Crippen LogP contribution is -2.44. The summed E-state index contributed by atoms with van der Waals surface area (Å²) in [6.45, 7) is 6.96. The van der Waals surface area contributed by atoms with Crippen molar-refractivity contribution in [2.75, 3.05) is 45.9 Å². The highest BCUT2D eigenvalue weighted by Crippen LogP contribution is 2.20. The number of hydrogen-bond acceptors (Lipinski definition) is 5. The van der Waals surface area contributed by atoms with Gasteiger partial charge in [0.15, 0.2) is 0 Å². The molecule has 0 atom stereocenters. The first kappa shape index (κ1) is 22.1. The Bertz CT molecular complexity index is 533. The fraction of sp³-hybridized carbons (Fsp3) is 0.647. The van der Waals surface area contributed by atoms with Crippen LogP contribution in [-0.2, 0) is 11.3 Å². The molecule has 3 rings (SSSR count). The second kappa shape index (κ2) is 10.9. The highest BCUT2D eigenvalue weighted by atomic mass is 35.5. The van der Waals surface area contributed by atoms with Crippen molar-refractivity contribution in [3.05, 3.63) is 29.6 Å². The number of nitrogens with zero attached hydrogens (tertiary/aromatic N) is 3. The first-order valence-electron chi connectivity index (χ1n) is 8.50. The van der Waals surface area contributed by atoms with Crippen LogP contribution in [-0.4, -0.2) is 66.6 Å². The Labute approximate surface area is 161 Å². The van der Waals surface area contributed by atoms with Gasteiger partial charge in [-0.05, 0) is 30.9 Å². The Morgan fingerprint density at radius 1 is 1.20 bits per heavy atom. The molecule has 0 aromatic carbocycles. The maximum atomic E-state index is 12.6. The van der Waals surface area contributed by atoms with Crippen LogP contribution in [0.25, 0.3) is 0 Å². The van der Waals surface area contributed by atoms with Gasteiger partial charge in [-0.3, -0.25) is 14.7 Å². The maximum absolute atomic E-state index is 12.6. The smallest absolute Gasteiger partial charge is 0.253 e. The van der Waals surface area contributed by atoms with Crippen molar-refractivity contribution >= 4 is 30.7 Å². The summed E-state index contributed by atoms with van der Waals surface area (Å²) in [6, 6.07) is 3.59. The molecule has 0 saturated carbocycles. The number of carbonyl (C=O) groups is 1. The standard InChI is InChI=1S/C17H26N4O2.2ClH/c18-12-16-11-15(1-4-19-16)17(22)21-5-2-14(3-6-21)13-20-7-9-23-10-8-20;;/h1,4,11,14H,2-3,5-10,12-13,18H2;2*1H. The molecule has 8 heteroatoms. The van der Waals surface area contributed by atoms with Gasteiger partial charge in [0, 0.05) is 51.0 Å². The highest BCUT2D eigenvalue weighted by molar-refractivity contribution is 5.94. The van der Waals surface area contributed by atoms with Crippen LogP contribution in [0, 0.1) is 5.92 Å². The van der Waals surface area contributed by atoms with Gasteiger partial charge in [0.1, 0.15) is 0 Å². The van der Waals surface area contributed by atoms with Gasteiger partial charge in [0.25, 0.3) is 5.91 Å². The van der Waals surface area contributed by atoms with Crippen LogP contribution >= 0.6 is 24.8 Å². The van der Waals surface area contributed by atoms with Gasteiger partial charge in [-0.15, -0.1) is 24.8 Å². The van der Waals surface area contributed by atoms with Crippen molar-refractivity contribution in [2.45, 2.75) is 19.4 Å². The van der Waals surface area contributed by atoms with E-state index < -0.39 is 0 Å². The summed E-state index contributed by atoms with van der Waals surface area (Å²) in [5.41, 5.74) is 7.07. The van der Waals surface area contributed by atoms with Crippen LogP contribution in [0.2, 0.25) is 0 Å². The number of pyridine rings is 1. The molecule has 2 N–H and O–H groups in total. The number of aromatic nitrogens is 1. The first-order chi connectivity index (χ1) is 11.3. The van der Waals surface area contributed by atoms with Crippen molar-refractivity contribution in [1.82, 2.24) is 14.8 Å². The Balaban J connectivity index is 0.00000156. The van der Waals surface area contributed by atoms with Crippen LogP contribution in [0.5, 0.6) is 0 Å². The molecule has 1 amide bonds. The molecule has 2 fully saturated rings. The summed E-state index contributed by atoms with van der Waals surface area (Å²) in [7, 11) is 0. The van der Waals surface area contributed by atoms with Crippen LogP contribution in [0.1, 0.15) is 28.9 Å². The molecule has 6 nitrogen and oxygen atoms in total. The summed E-state index contributed by atoms with van der Waals surface area (Å²) in [5, 5.41) is 0. The zero-order valence-corrected chi connectivity index (χ0v) is 16.1. The van der Waals surface area contributed by atoms with Crippen molar-refractivity contribution in [3.63, 3.8) is 0 Å². The number of morpholine rings is 1. The SMILES string of the molecule is Cl.Cl.NCc1cc(C(=O)N2CCC(CN3CCOCC3)CC2)ccn1. The van der Waals surface area contributed by atoms with E-state index in [0.717, 1.165) is 64.5 Å². The Hall–Kier alpha value is -0.920. The molecule has 25 heavy (non-hydrogen) atoms. The van der Waals surface area contributed by atoms with E-state index >= 15 is 0 Å². The number of rotatable bonds is 4. The van der Waals surface area contributed by atoms with Crippen LogP contribution in [0.3, 0.4) is 0 Å². The molecule has 0 aliphatic carbocycles. The lowest BCUT2D eigenvalue weighted by atomic mass is 9.95. The number of ether oxygens (including phenoxy) is 1. The van der Waals surface area contributed by atoms with Crippen LogP contribution < -0.4 is 5.73 Å². The number of halogens is 2. The summed E-state index contributed by atoms with van der Waals surface area (Å²) in [6.07, 6.45) is 3.83. The van der Waals surface area contributed by atoms with E-state index in [0.29, 0.717) is 18.0 Å². The van der Waals surface area contributed by atoms with Gasteiger partial charge >= 0.3 is 0 Å². The third kappa shape index (κ3) is 6.08. The van der Waals surface area contributed by atoms with E-state index in [4.69, 9.17) is 10.5 Å². The minimum Gasteiger partial charge on any atom is -0.379 e. The fourth-order valence-electron chi connectivity index (χ4n) is 3.37. The Morgan fingerprint density at radius 2 is 1.88 bits per heavy atom. The Morgan fingerprint density at radius 3 is 2.52 bits per heavy atom. The Kier molecular flexibility index (Phi) is 9.67. The summed E-state index contributed by atoms with van der Waals surface area (Å²) in [4.78, 5) is 21.2. The van der Waals surface area contributed by atoms with Gasteiger partial charge < -0.3 is 15.4 Å². The van der Waals surface area contributed by atoms with Crippen molar-refractivity contribution in [3.8, 4) is 0 Å². The number of amides is 1. The molecule has 1 aromatic rings. The zero-order valence-electron chi connectivity index (χ0n) is 14.4. The number of hydrogen-bond donors (Lipinski definition) is 1. The second-order valence-corrected chi connectivity index (χ2v) is 6.39. The van der Waals surface area contributed by atoms with Crippen molar-refractivity contribution < 1.29 is 9.53 Å². The van der Waals surface area contributed by atoms with E-state index in [9.17, 15) is 4.79 Å². The predicted molar refractivity (Wildman–Crippen MR) is 103 cm³/mol. The third-order valence-electron chi connectivity index (χ3n) is 4.79. The maximum Gasteiger partial charge on any atom is 0.253 e. The minimum absolute atomic E-state index is 0. The van der Waals surface area contributed by atoms with E-state index in [2.05, 4.69) is 9.88 Å². The molecule has 142 valence electrons. The molecule has 2 saturated heterocycles. The number of carbonyl (C=O) groups excluding carboxylic acids is 1. The molecule has 0 bridgehead atoms.